The van der Waals surface area contributed by atoms with E-state index in [0.717, 1.165) is 16.9 Å². The molecule has 2 N–H and O–H groups in total. The van der Waals surface area contributed by atoms with Gasteiger partial charge in [-0.25, -0.2) is 4.98 Å². The third kappa shape index (κ3) is 6.14. The summed E-state index contributed by atoms with van der Waals surface area (Å²) in [6.45, 7) is 7.15. The molecule has 7 nitrogen and oxygen atoms in total. The number of hydrogen-bond acceptors (Lipinski definition) is 7. The number of fused-ring (bicyclic) bond motifs is 1. The van der Waals surface area contributed by atoms with Gasteiger partial charge in [0.05, 0.1) is 43.1 Å². The Morgan fingerprint density at radius 1 is 1.21 bits per heavy atom. The number of aromatic amines is 1. The number of halogens is 1. The molecule has 0 aliphatic rings. The molecule has 0 saturated carbocycles. The standard InChI is InChI=1S/C25H28ClN3O4S/c1-25(2,3)33-14-16(30)11-29(12-17-7-6-10-32-17)13-21-27-23(31)22-19(15-34-24(22)28-21)18-8-4-5-9-20(18)26/h4-10,15-16,30H,11-14H2,1-3H3,(H,27,28,31)/t16-/m0/s1. The monoisotopic (exact) mass is 501 g/mol. The van der Waals surface area contributed by atoms with E-state index in [-0.39, 0.29) is 17.8 Å². The van der Waals surface area contributed by atoms with Crippen molar-refractivity contribution < 1.29 is 14.3 Å². The topological polar surface area (TPSA) is 91.6 Å². The van der Waals surface area contributed by atoms with Crippen LogP contribution in [0.5, 0.6) is 0 Å². The molecule has 34 heavy (non-hydrogen) atoms. The van der Waals surface area contributed by atoms with E-state index < -0.39 is 6.10 Å². The van der Waals surface area contributed by atoms with Gasteiger partial charge in [0, 0.05) is 28.1 Å². The lowest BCUT2D eigenvalue weighted by Crippen LogP contribution is -2.37. The van der Waals surface area contributed by atoms with Gasteiger partial charge in [-0.05, 0) is 39.0 Å². The zero-order valence-corrected chi connectivity index (χ0v) is 20.9. The van der Waals surface area contributed by atoms with Crippen molar-refractivity contribution in [1.82, 2.24) is 14.9 Å². The Balaban J connectivity index is 1.58. The number of aromatic nitrogens is 2. The molecule has 180 valence electrons. The highest BCUT2D eigenvalue weighted by atomic mass is 35.5. The summed E-state index contributed by atoms with van der Waals surface area (Å²) in [7, 11) is 0. The molecule has 0 fully saturated rings. The number of nitrogens with one attached hydrogen (secondary N) is 1. The van der Waals surface area contributed by atoms with Gasteiger partial charge < -0.3 is 19.2 Å². The van der Waals surface area contributed by atoms with Crippen LogP contribution in [-0.4, -0.2) is 44.8 Å². The maximum Gasteiger partial charge on any atom is 0.260 e. The number of furan rings is 1. The average molecular weight is 502 g/mol. The Morgan fingerprint density at radius 2 is 2.00 bits per heavy atom. The van der Waals surface area contributed by atoms with E-state index in [1.54, 1.807) is 12.3 Å². The van der Waals surface area contributed by atoms with Crippen molar-refractivity contribution in [1.29, 1.82) is 0 Å². The highest BCUT2D eigenvalue weighted by Gasteiger charge is 2.20. The van der Waals surface area contributed by atoms with Gasteiger partial charge in [-0.1, -0.05) is 29.8 Å². The normalized spacial score (nSPS) is 13.1. The predicted octanol–water partition coefficient (Wildman–Crippen LogP) is 5.08. The minimum Gasteiger partial charge on any atom is -0.468 e. The summed E-state index contributed by atoms with van der Waals surface area (Å²) in [6, 6.07) is 11.1. The number of hydrogen-bond donors (Lipinski definition) is 2. The van der Waals surface area contributed by atoms with Gasteiger partial charge in [-0.2, -0.15) is 0 Å². The maximum absolute atomic E-state index is 13.1. The lowest BCUT2D eigenvalue weighted by atomic mass is 10.1. The number of rotatable bonds is 9. The quantitative estimate of drug-likeness (QED) is 0.332. The Labute approximate surface area is 207 Å². The van der Waals surface area contributed by atoms with E-state index in [2.05, 4.69) is 4.98 Å². The van der Waals surface area contributed by atoms with E-state index in [4.69, 9.17) is 25.7 Å². The summed E-state index contributed by atoms with van der Waals surface area (Å²) in [5.41, 5.74) is 1.01. The fourth-order valence-corrected chi connectivity index (χ4v) is 4.86. The van der Waals surface area contributed by atoms with Crippen LogP contribution >= 0.6 is 22.9 Å². The lowest BCUT2D eigenvalue weighted by molar-refractivity contribution is -0.0577. The summed E-state index contributed by atoms with van der Waals surface area (Å²) in [5, 5.41) is 13.6. The molecular weight excluding hydrogens is 474 g/mol. The zero-order chi connectivity index (χ0) is 24.3. The molecule has 1 atom stereocenters. The lowest BCUT2D eigenvalue weighted by Gasteiger charge is -2.26. The number of ether oxygens (including phenoxy) is 1. The maximum atomic E-state index is 13.1. The van der Waals surface area contributed by atoms with Gasteiger partial charge >= 0.3 is 0 Å². The molecule has 9 heteroatoms. The molecule has 0 aliphatic heterocycles. The highest BCUT2D eigenvalue weighted by Crippen LogP contribution is 2.34. The van der Waals surface area contributed by atoms with Crippen LogP contribution in [0.15, 0.2) is 57.3 Å². The van der Waals surface area contributed by atoms with Crippen molar-refractivity contribution in [3.63, 3.8) is 0 Å². The van der Waals surface area contributed by atoms with Crippen LogP contribution in [0.3, 0.4) is 0 Å². The molecule has 0 saturated heterocycles. The smallest absolute Gasteiger partial charge is 0.260 e. The summed E-state index contributed by atoms with van der Waals surface area (Å²) >= 11 is 7.77. The van der Waals surface area contributed by atoms with Gasteiger partial charge in [0.1, 0.15) is 16.4 Å². The van der Waals surface area contributed by atoms with Crippen molar-refractivity contribution in [3.8, 4) is 11.1 Å². The first-order valence-electron chi connectivity index (χ1n) is 11.0. The number of H-pyrrole nitrogens is 1. The van der Waals surface area contributed by atoms with E-state index >= 15 is 0 Å². The largest absolute Gasteiger partial charge is 0.468 e. The van der Waals surface area contributed by atoms with Gasteiger partial charge in [-0.3, -0.25) is 9.69 Å². The molecule has 0 radical (unpaired) electrons. The minimum atomic E-state index is -0.710. The second-order valence-electron chi connectivity index (χ2n) is 9.15. The highest BCUT2D eigenvalue weighted by molar-refractivity contribution is 7.17. The van der Waals surface area contributed by atoms with Crippen molar-refractivity contribution in [2.75, 3.05) is 13.2 Å². The van der Waals surface area contributed by atoms with Crippen LogP contribution in [0, 0.1) is 0 Å². The van der Waals surface area contributed by atoms with Crippen LogP contribution in [0.25, 0.3) is 21.3 Å². The van der Waals surface area contributed by atoms with Crippen molar-refractivity contribution in [3.05, 3.63) is 75.0 Å². The number of aliphatic hydroxyl groups excluding tert-OH is 1. The van der Waals surface area contributed by atoms with Crippen molar-refractivity contribution in [2.24, 2.45) is 0 Å². The van der Waals surface area contributed by atoms with E-state index in [1.807, 2.05) is 61.4 Å². The van der Waals surface area contributed by atoms with E-state index in [0.29, 0.717) is 40.7 Å². The van der Waals surface area contributed by atoms with Crippen molar-refractivity contribution in [2.45, 2.75) is 45.6 Å². The number of thiophene rings is 1. The molecule has 3 heterocycles. The summed E-state index contributed by atoms with van der Waals surface area (Å²) in [4.78, 5) is 23.3. The molecule has 1 aromatic carbocycles. The molecule has 4 aromatic rings. The average Bonchev–Trinajstić information content (AvgIpc) is 3.42. The second kappa shape index (κ2) is 10.4. The molecule has 0 spiro atoms. The first-order chi connectivity index (χ1) is 16.2. The Morgan fingerprint density at radius 3 is 2.71 bits per heavy atom. The van der Waals surface area contributed by atoms with Crippen molar-refractivity contribution >= 4 is 33.2 Å². The fraction of sp³-hybridized carbons (Fsp3) is 0.360. The van der Waals surface area contributed by atoms with Crippen LogP contribution < -0.4 is 5.56 Å². The van der Waals surface area contributed by atoms with Gasteiger partial charge in [0.15, 0.2) is 0 Å². The minimum absolute atomic E-state index is 0.202. The van der Waals surface area contributed by atoms with Crippen LogP contribution in [0.4, 0.5) is 0 Å². The predicted molar refractivity (Wildman–Crippen MR) is 135 cm³/mol. The molecular formula is C25H28ClN3O4S. The number of nitrogens with zero attached hydrogens (tertiary/aromatic N) is 2. The first-order valence-corrected chi connectivity index (χ1v) is 12.3. The SMILES string of the molecule is CC(C)(C)OC[C@@H](O)CN(Cc1nc2scc(-c3ccccc3Cl)c2c(=O)[nH]1)Cc1ccco1. The Hall–Kier alpha value is -2.49. The molecule has 0 unspecified atom stereocenters. The molecule has 0 bridgehead atoms. The molecule has 4 rings (SSSR count). The summed E-state index contributed by atoms with van der Waals surface area (Å²) < 4.78 is 11.2. The van der Waals surface area contributed by atoms with Gasteiger partial charge in [0.2, 0.25) is 0 Å². The molecule has 0 amide bonds. The van der Waals surface area contributed by atoms with E-state index in [1.165, 1.54) is 11.3 Å². The fourth-order valence-electron chi connectivity index (χ4n) is 3.66. The molecule has 3 aromatic heterocycles. The van der Waals surface area contributed by atoms with Gasteiger partial charge in [-0.15, -0.1) is 11.3 Å². The Bertz CT molecular complexity index is 1290. The van der Waals surface area contributed by atoms with Crippen LogP contribution in [0.1, 0.15) is 32.4 Å². The third-order valence-corrected chi connectivity index (χ3v) is 6.37. The van der Waals surface area contributed by atoms with Crippen LogP contribution in [-0.2, 0) is 17.8 Å². The summed E-state index contributed by atoms with van der Waals surface area (Å²) in [6.07, 6.45) is 0.902. The van der Waals surface area contributed by atoms with Gasteiger partial charge in [0.25, 0.3) is 5.56 Å². The summed E-state index contributed by atoms with van der Waals surface area (Å²) in [5.74, 6) is 1.27. The molecule has 0 aliphatic carbocycles. The number of benzene rings is 1. The number of aliphatic hydroxyl groups is 1. The zero-order valence-electron chi connectivity index (χ0n) is 19.4. The van der Waals surface area contributed by atoms with Crippen LogP contribution in [0.2, 0.25) is 5.02 Å². The third-order valence-electron chi connectivity index (χ3n) is 5.17. The van der Waals surface area contributed by atoms with E-state index in [9.17, 15) is 9.90 Å². The second-order valence-corrected chi connectivity index (χ2v) is 10.4. The first kappa shape index (κ1) is 24.6. The Kier molecular flexibility index (Phi) is 7.54.